The minimum atomic E-state index is 0. The highest BCUT2D eigenvalue weighted by Crippen LogP contribution is 2.48. The fourth-order valence-corrected chi connectivity index (χ4v) is 4.32. The van der Waals surface area contributed by atoms with E-state index < -0.39 is 0 Å². The predicted octanol–water partition coefficient (Wildman–Crippen LogP) is 3.80. The molecule has 0 amide bonds. The van der Waals surface area contributed by atoms with Gasteiger partial charge in [0, 0.05) is 11.5 Å². The van der Waals surface area contributed by atoms with E-state index in [1.807, 2.05) is 0 Å². The van der Waals surface area contributed by atoms with Crippen molar-refractivity contribution in [1.82, 2.24) is 4.90 Å². The topological polar surface area (TPSA) is 3.24 Å². The molecule has 1 aromatic rings. The minimum absolute atomic E-state index is 0. The first kappa shape index (κ1) is 13.9. The van der Waals surface area contributed by atoms with E-state index in [4.69, 9.17) is 0 Å². The maximum atomic E-state index is 2.60. The number of hydrogen-bond donors (Lipinski definition) is 0. The molecule has 1 aliphatic carbocycles. The number of halogens is 1. The van der Waals surface area contributed by atoms with E-state index in [0.29, 0.717) is 5.41 Å². The molecule has 2 atom stereocenters. The highest BCUT2D eigenvalue weighted by atomic mass is 35.5. The summed E-state index contributed by atoms with van der Waals surface area (Å²) in [6.45, 7) is 3.61. The van der Waals surface area contributed by atoms with Crippen molar-refractivity contribution in [3.8, 4) is 0 Å². The molecule has 1 heterocycles. The van der Waals surface area contributed by atoms with Gasteiger partial charge in [-0.1, -0.05) is 37.6 Å². The molecule has 1 aromatic carbocycles. The zero-order chi connectivity index (χ0) is 11.9. The molecule has 0 radical (unpaired) electrons. The van der Waals surface area contributed by atoms with Crippen LogP contribution in [0.1, 0.15) is 43.7 Å². The Kier molecular flexibility index (Phi) is 4.03. The lowest BCUT2D eigenvalue weighted by Gasteiger charge is -2.43. The van der Waals surface area contributed by atoms with Gasteiger partial charge >= 0.3 is 0 Å². The van der Waals surface area contributed by atoms with Crippen LogP contribution in [0.2, 0.25) is 0 Å². The standard InChI is InChI=1S/C16H23N.ClH/c1-3-10-16-11-12-17(2)15(16)9-8-13-6-4-5-7-14(13)16;/h4-7,15H,3,8-12H2,1-2H3;1H. The summed E-state index contributed by atoms with van der Waals surface area (Å²) in [7, 11) is 2.32. The van der Waals surface area contributed by atoms with E-state index in [-0.39, 0.29) is 12.4 Å². The molecule has 2 heteroatoms. The number of likely N-dealkylation sites (tertiary alicyclic amines) is 1. The van der Waals surface area contributed by atoms with Crippen LogP contribution < -0.4 is 0 Å². The monoisotopic (exact) mass is 265 g/mol. The Labute approximate surface area is 117 Å². The van der Waals surface area contributed by atoms with Crippen LogP contribution in [0.3, 0.4) is 0 Å². The smallest absolute Gasteiger partial charge is 0.0193 e. The summed E-state index contributed by atoms with van der Waals surface area (Å²) >= 11 is 0. The van der Waals surface area contributed by atoms with Crippen molar-refractivity contribution in [2.45, 2.75) is 50.5 Å². The summed E-state index contributed by atoms with van der Waals surface area (Å²) in [5, 5.41) is 0. The van der Waals surface area contributed by atoms with Gasteiger partial charge in [-0.3, -0.25) is 0 Å². The molecule has 100 valence electrons. The summed E-state index contributed by atoms with van der Waals surface area (Å²) in [5.74, 6) is 0. The van der Waals surface area contributed by atoms with Gasteiger partial charge in [0.15, 0.2) is 0 Å². The van der Waals surface area contributed by atoms with Crippen LogP contribution in [-0.4, -0.2) is 24.5 Å². The molecule has 3 rings (SSSR count). The lowest BCUT2D eigenvalue weighted by atomic mass is 9.64. The molecular weight excluding hydrogens is 242 g/mol. The second-order valence-corrected chi connectivity index (χ2v) is 5.85. The minimum Gasteiger partial charge on any atom is -0.302 e. The molecule has 1 aliphatic heterocycles. The first-order valence-corrected chi connectivity index (χ1v) is 7.06. The Balaban J connectivity index is 0.00000120. The molecule has 0 bridgehead atoms. The number of aryl methyl sites for hydroxylation is 1. The van der Waals surface area contributed by atoms with Crippen molar-refractivity contribution in [3.63, 3.8) is 0 Å². The second kappa shape index (κ2) is 5.22. The molecule has 2 aliphatic rings. The number of fused-ring (bicyclic) bond motifs is 3. The maximum Gasteiger partial charge on any atom is 0.0193 e. The van der Waals surface area contributed by atoms with Crippen molar-refractivity contribution in [3.05, 3.63) is 35.4 Å². The molecule has 0 aromatic heterocycles. The van der Waals surface area contributed by atoms with Crippen LogP contribution in [-0.2, 0) is 11.8 Å². The van der Waals surface area contributed by atoms with Crippen LogP contribution >= 0.6 is 12.4 Å². The fraction of sp³-hybridized carbons (Fsp3) is 0.625. The Bertz CT molecular complexity index is 413. The third kappa shape index (κ3) is 1.88. The van der Waals surface area contributed by atoms with Crippen molar-refractivity contribution in [2.75, 3.05) is 13.6 Å². The van der Waals surface area contributed by atoms with Gasteiger partial charge in [0.05, 0.1) is 0 Å². The van der Waals surface area contributed by atoms with E-state index in [2.05, 4.69) is 43.1 Å². The van der Waals surface area contributed by atoms with Gasteiger partial charge in [-0.2, -0.15) is 0 Å². The third-order valence-corrected chi connectivity index (χ3v) is 5.02. The lowest BCUT2D eigenvalue weighted by Crippen LogP contribution is -2.44. The highest BCUT2D eigenvalue weighted by Gasteiger charge is 2.48. The fourth-order valence-electron chi connectivity index (χ4n) is 4.32. The number of nitrogens with zero attached hydrogens (tertiary/aromatic N) is 1. The number of benzene rings is 1. The van der Waals surface area contributed by atoms with Gasteiger partial charge in [0.25, 0.3) is 0 Å². The Hall–Kier alpha value is -0.530. The van der Waals surface area contributed by atoms with E-state index in [1.54, 1.807) is 11.1 Å². The molecule has 1 saturated heterocycles. The molecule has 2 unspecified atom stereocenters. The first-order chi connectivity index (χ1) is 8.28. The van der Waals surface area contributed by atoms with Crippen molar-refractivity contribution < 1.29 is 0 Å². The largest absolute Gasteiger partial charge is 0.302 e. The van der Waals surface area contributed by atoms with E-state index in [9.17, 15) is 0 Å². The third-order valence-electron chi connectivity index (χ3n) is 5.02. The zero-order valence-corrected chi connectivity index (χ0v) is 12.3. The Morgan fingerprint density at radius 1 is 1.33 bits per heavy atom. The number of likely N-dealkylation sites (N-methyl/N-ethyl adjacent to an activating group) is 1. The molecule has 18 heavy (non-hydrogen) atoms. The van der Waals surface area contributed by atoms with Gasteiger partial charge < -0.3 is 4.90 Å². The predicted molar refractivity (Wildman–Crippen MR) is 79.6 cm³/mol. The molecule has 1 nitrogen and oxygen atoms in total. The van der Waals surface area contributed by atoms with Crippen LogP contribution in [0, 0.1) is 0 Å². The lowest BCUT2D eigenvalue weighted by molar-refractivity contribution is 0.206. The van der Waals surface area contributed by atoms with Crippen molar-refractivity contribution in [2.24, 2.45) is 0 Å². The zero-order valence-electron chi connectivity index (χ0n) is 11.5. The second-order valence-electron chi connectivity index (χ2n) is 5.85. The van der Waals surface area contributed by atoms with Gasteiger partial charge in [0.2, 0.25) is 0 Å². The SMILES string of the molecule is CCCC12CCN(C)C1CCc1ccccc12.Cl. The van der Waals surface area contributed by atoms with Crippen LogP contribution in [0.4, 0.5) is 0 Å². The van der Waals surface area contributed by atoms with Crippen molar-refractivity contribution in [1.29, 1.82) is 0 Å². The highest BCUT2D eigenvalue weighted by molar-refractivity contribution is 5.85. The van der Waals surface area contributed by atoms with Gasteiger partial charge in [-0.05, 0) is 50.4 Å². The molecule has 0 N–H and O–H groups in total. The van der Waals surface area contributed by atoms with Crippen molar-refractivity contribution >= 4 is 12.4 Å². The van der Waals surface area contributed by atoms with E-state index in [0.717, 1.165) is 6.04 Å². The summed E-state index contributed by atoms with van der Waals surface area (Å²) in [6.07, 6.45) is 6.65. The van der Waals surface area contributed by atoms with Gasteiger partial charge in [-0.15, -0.1) is 12.4 Å². The summed E-state index contributed by atoms with van der Waals surface area (Å²) in [6, 6.07) is 9.98. The van der Waals surface area contributed by atoms with Crippen LogP contribution in [0.25, 0.3) is 0 Å². The molecule has 0 spiro atoms. The Morgan fingerprint density at radius 3 is 2.89 bits per heavy atom. The average molecular weight is 266 g/mol. The quantitative estimate of drug-likeness (QED) is 0.786. The van der Waals surface area contributed by atoms with Crippen LogP contribution in [0.15, 0.2) is 24.3 Å². The summed E-state index contributed by atoms with van der Waals surface area (Å²) in [5.41, 5.74) is 3.76. The van der Waals surface area contributed by atoms with Gasteiger partial charge in [0.1, 0.15) is 0 Å². The summed E-state index contributed by atoms with van der Waals surface area (Å²) < 4.78 is 0. The molecular formula is C16H24ClN. The molecule has 1 fully saturated rings. The normalized spacial score (nSPS) is 30.4. The average Bonchev–Trinajstić information content (AvgIpc) is 2.68. The Morgan fingerprint density at radius 2 is 2.11 bits per heavy atom. The first-order valence-electron chi connectivity index (χ1n) is 7.06. The number of rotatable bonds is 2. The van der Waals surface area contributed by atoms with Crippen LogP contribution in [0.5, 0.6) is 0 Å². The van der Waals surface area contributed by atoms with E-state index in [1.165, 1.54) is 38.6 Å². The molecule has 0 saturated carbocycles. The number of hydrogen-bond acceptors (Lipinski definition) is 1. The maximum absolute atomic E-state index is 2.60. The summed E-state index contributed by atoms with van der Waals surface area (Å²) in [4.78, 5) is 2.60. The van der Waals surface area contributed by atoms with Gasteiger partial charge in [-0.25, -0.2) is 0 Å². The van der Waals surface area contributed by atoms with E-state index >= 15 is 0 Å².